The Balaban J connectivity index is 1.90. The van der Waals surface area contributed by atoms with Gasteiger partial charge in [-0.2, -0.15) is 0 Å². The molecule has 1 aromatic heterocycles. The monoisotopic (exact) mass is 357 g/mol. The summed E-state index contributed by atoms with van der Waals surface area (Å²) in [5.74, 6) is 2.18. The zero-order valence-corrected chi connectivity index (χ0v) is 15.6. The number of aliphatic imine (C=N–C) groups is 1. The minimum Gasteiger partial charge on any atom is -0.438 e. The first-order valence-corrected chi connectivity index (χ1v) is 9.58. The van der Waals surface area contributed by atoms with Gasteiger partial charge in [-0.05, 0) is 74.8 Å². The lowest BCUT2D eigenvalue weighted by molar-refractivity contribution is 0.234. The SMILES string of the molecule is CSc1ccc(Oc2nc(C)ccc2C(=NCC2CC2)NO)cc1C. The van der Waals surface area contributed by atoms with Crippen molar-refractivity contribution in [1.82, 2.24) is 10.5 Å². The quantitative estimate of drug-likeness (QED) is 0.348. The lowest BCUT2D eigenvalue weighted by Crippen LogP contribution is -2.22. The van der Waals surface area contributed by atoms with Gasteiger partial charge in [-0.1, -0.05) is 0 Å². The highest BCUT2D eigenvalue weighted by Gasteiger charge is 2.21. The lowest BCUT2D eigenvalue weighted by Gasteiger charge is -2.13. The summed E-state index contributed by atoms with van der Waals surface area (Å²) in [6, 6.07) is 9.72. The molecule has 1 aliphatic rings. The fourth-order valence-corrected chi connectivity index (χ4v) is 3.10. The summed E-state index contributed by atoms with van der Waals surface area (Å²) in [4.78, 5) is 10.2. The smallest absolute Gasteiger partial charge is 0.230 e. The second-order valence-corrected chi connectivity index (χ2v) is 7.13. The molecule has 3 rings (SSSR count). The summed E-state index contributed by atoms with van der Waals surface area (Å²) in [5, 5.41) is 9.52. The van der Waals surface area contributed by atoms with Crippen LogP contribution in [0.25, 0.3) is 0 Å². The summed E-state index contributed by atoms with van der Waals surface area (Å²) < 4.78 is 6.02. The largest absolute Gasteiger partial charge is 0.438 e. The van der Waals surface area contributed by atoms with Gasteiger partial charge < -0.3 is 4.74 Å². The Hall–Kier alpha value is -2.05. The number of ether oxygens (including phenoxy) is 1. The molecule has 0 bridgehead atoms. The molecule has 2 aromatic rings. The van der Waals surface area contributed by atoms with E-state index in [0.717, 1.165) is 11.3 Å². The average Bonchev–Trinajstić information content (AvgIpc) is 3.41. The molecule has 1 saturated carbocycles. The molecule has 25 heavy (non-hydrogen) atoms. The fraction of sp³-hybridized carbons (Fsp3) is 0.368. The van der Waals surface area contributed by atoms with Gasteiger partial charge in [0.05, 0.1) is 5.56 Å². The molecule has 1 aliphatic carbocycles. The minimum atomic E-state index is 0.395. The van der Waals surface area contributed by atoms with Gasteiger partial charge in [0.25, 0.3) is 0 Å². The lowest BCUT2D eigenvalue weighted by atomic mass is 10.2. The van der Waals surface area contributed by atoms with Gasteiger partial charge in [-0.15, -0.1) is 11.8 Å². The van der Waals surface area contributed by atoms with E-state index in [0.29, 0.717) is 35.5 Å². The number of hydrogen-bond acceptors (Lipinski definition) is 5. The van der Waals surface area contributed by atoms with E-state index in [-0.39, 0.29) is 0 Å². The minimum absolute atomic E-state index is 0.395. The first-order chi connectivity index (χ1) is 12.1. The van der Waals surface area contributed by atoms with Crippen molar-refractivity contribution in [3.05, 3.63) is 47.2 Å². The van der Waals surface area contributed by atoms with Crippen molar-refractivity contribution in [2.75, 3.05) is 12.8 Å². The predicted octanol–water partition coefficient (Wildman–Crippen LogP) is 4.35. The topological polar surface area (TPSA) is 66.7 Å². The van der Waals surface area contributed by atoms with Gasteiger partial charge in [0.15, 0.2) is 5.84 Å². The first kappa shape index (κ1) is 17.8. The number of benzene rings is 1. The van der Waals surface area contributed by atoms with E-state index in [9.17, 15) is 5.21 Å². The summed E-state index contributed by atoms with van der Waals surface area (Å²) in [6.45, 7) is 4.67. The molecule has 2 N–H and O–H groups in total. The predicted molar refractivity (Wildman–Crippen MR) is 101 cm³/mol. The molecule has 132 valence electrons. The number of hydrogen-bond donors (Lipinski definition) is 2. The normalized spacial score (nSPS) is 14.5. The second kappa shape index (κ2) is 7.89. The molecule has 0 atom stereocenters. The Labute approximate surface area is 152 Å². The van der Waals surface area contributed by atoms with E-state index in [1.54, 1.807) is 11.8 Å². The van der Waals surface area contributed by atoms with E-state index >= 15 is 0 Å². The first-order valence-electron chi connectivity index (χ1n) is 8.35. The summed E-state index contributed by atoms with van der Waals surface area (Å²) in [7, 11) is 0. The zero-order valence-electron chi connectivity index (χ0n) is 14.7. The van der Waals surface area contributed by atoms with Crippen LogP contribution in [0.4, 0.5) is 0 Å². The van der Waals surface area contributed by atoms with Crippen LogP contribution in [0.3, 0.4) is 0 Å². The molecule has 1 fully saturated rings. The summed E-state index contributed by atoms with van der Waals surface area (Å²) >= 11 is 1.71. The third-order valence-corrected chi connectivity index (χ3v) is 5.04. The maximum absolute atomic E-state index is 9.52. The molecular weight excluding hydrogens is 334 g/mol. The van der Waals surface area contributed by atoms with Gasteiger partial charge in [-0.3, -0.25) is 15.7 Å². The number of thioether (sulfide) groups is 1. The van der Waals surface area contributed by atoms with Gasteiger partial charge in [0, 0.05) is 17.1 Å². The highest BCUT2D eigenvalue weighted by Crippen LogP contribution is 2.30. The Morgan fingerprint density at radius 3 is 2.76 bits per heavy atom. The number of nitrogens with zero attached hydrogens (tertiary/aromatic N) is 2. The van der Waals surface area contributed by atoms with Crippen LogP contribution in [-0.2, 0) is 0 Å². The molecule has 0 aliphatic heterocycles. The molecule has 0 radical (unpaired) electrons. The Bertz CT molecular complexity index is 788. The van der Waals surface area contributed by atoms with Crippen LogP contribution >= 0.6 is 11.8 Å². The van der Waals surface area contributed by atoms with Crippen molar-refractivity contribution in [3.63, 3.8) is 0 Å². The van der Waals surface area contributed by atoms with Crippen LogP contribution in [0.5, 0.6) is 11.6 Å². The van der Waals surface area contributed by atoms with Crippen molar-refractivity contribution in [2.24, 2.45) is 10.9 Å². The van der Waals surface area contributed by atoms with Crippen LogP contribution in [0, 0.1) is 19.8 Å². The van der Waals surface area contributed by atoms with Crippen molar-refractivity contribution in [3.8, 4) is 11.6 Å². The van der Waals surface area contributed by atoms with Gasteiger partial charge in [0.2, 0.25) is 5.88 Å². The maximum Gasteiger partial charge on any atom is 0.230 e. The number of nitrogens with one attached hydrogen (secondary N) is 1. The van der Waals surface area contributed by atoms with Crippen LogP contribution in [0.15, 0.2) is 40.2 Å². The summed E-state index contributed by atoms with van der Waals surface area (Å²) in [6.07, 6.45) is 4.47. The third-order valence-electron chi connectivity index (χ3n) is 4.15. The molecule has 5 nitrogen and oxygen atoms in total. The van der Waals surface area contributed by atoms with Crippen LogP contribution in [-0.4, -0.2) is 28.8 Å². The highest BCUT2D eigenvalue weighted by atomic mass is 32.2. The summed E-state index contributed by atoms with van der Waals surface area (Å²) in [5.41, 5.74) is 4.85. The standard InChI is InChI=1S/C19H23N3O2S/c1-12-10-15(7-9-17(12)25-3)24-19-16(8-4-13(2)21-19)18(22-23)20-11-14-5-6-14/h4,7-10,14,23H,5-6,11H2,1-3H3,(H,20,22). The third kappa shape index (κ3) is 4.52. The van der Waals surface area contributed by atoms with E-state index in [4.69, 9.17) is 4.74 Å². The van der Waals surface area contributed by atoms with Crippen molar-refractivity contribution >= 4 is 17.6 Å². The van der Waals surface area contributed by atoms with Crippen LogP contribution < -0.4 is 10.2 Å². The van der Waals surface area contributed by atoms with Crippen LogP contribution in [0.1, 0.15) is 29.7 Å². The number of amidine groups is 1. The number of rotatable bonds is 6. The molecule has 0 amide bonds. The van der Waals surface area contributed by atoms with Crippen molar-refractivity contribution in [1.29, 1.82) is 0 Å². The maximum atomic E-state index is 9.52. The molecular formula is C19H23N3O2S. The number of aromatic nitrogens is 1. The Morgan fingerprint density at radius 1 is 1.32 bits per heavy atom. The van der Waals surface area contributed by atoms with Gasteiger partial charge in [-0.25, -0.2) is 4.98 Å². The number of pyridine rings is 1. The second-order valence-electron chi connectivity index (χ2n) is 6.28. The molecule has 0 saturated heterocycles. The van der Waals surface area contributed by atoms with E-state index in [1.165, 1.54) is 17.7 Å². The molecule has 1 aromatic carbocycles. The van der Waals surface area contributed by atoms with E-state index < -0.39 is 0 Å². The Kier molecular flexibility index (Phi) is 5.60. The van der Waals surface area contributed by atoms with Crippen molar-refractivity contribution in [2.45, 2.75) is 31.6 Å². The molecule has 0 unspecified atom stereocenters. The van der Waals surface area contributed by atoms with E-state index in [2.05, 4.69) is 28.6 Å². The van der Waals surface area contributed by atoms with Crippen LogP contribution in [0.2, 0.25) is 0 Å². The number of aryl methyl sites for hydroxylation is 2. The molecule has 0 spiro atoms. The Morgan fingerprint density at radius 2 is 2.12 bits per heavy atom. The molecule has 6 heteroatoms. The van der Waals surface area contributed by atoms with Gasteiger partial charge in [0.1, 0.15) is 5.75 Å². The highest BCUT2D eigenvalue weighted by molar-refractivity contribution is 7.98. The fourth-order valence-electron chi connectivity index (χ4n) is 2.52. The number of hydroxylamine groups is 1. The van der Waals surface area contributed by atoms with Gasteiger partial charge >= 0.3 is 0 Å². The molecule has 1 heterocycles. The van der Waals surface area contributed by atoms with E-state index in [1.807, 2.05) is 37.3 Å². The van der Waals surface area contributed by atoms with Crippen molar-refractivity contribution < 1.29 is 9.94 Å². The average molecular weight is 357 g/mol. The zero-order chi connectivity index (χ0) is 17.8.